The Morgan fingerprint density at radius 2 is 1.70 bits per heavy atom. The summed E-state index contributed by atoms with van der Waals surface area (Å²) < 4.78 is 10.4. The first-order valence-corrected chi connectivity index (χ1v) is 10.1. The highest BCUT2D eigenvalue weighted by atomic mass is 32.1. The smallest absolute Gasteiger partial charge is 0.257 e. The maximum Gasteiger partial charge on any atom is 0.257 e. The number of hydrogen-bond donors (Lipinski definition) is 2. The number of benzene rings is 2. The molecule has 156 valence electrons. The average molecular weight is 426 g/mol. The first-order chi connectivity index (χ1) is 14.4. The van der Waals surface area contributed by atoms with Crippen molar-refractivity contribution in [3.63, 3.8) is 0 Å². The van der Waals surface area contributed by atoms with E-state index in [0.29, 0.717) is 27.9 Å². The number of hydrogen-bond acceptors (Lipinski definition) is 6. The maximum atomic E-state index is 12.5. The Bertz CT molecular complexity index is 1060. The summed E-state index contributed by atoms with van der Waals surface area (Å²) in [6.45, 7) is 3.90. The zero-order valence-corrected chi connectivity index (χ0v) is 18.1. The summed E-state index contributed by atoms with van der Waals surface area (Å²) in [6, 6.07) is 10.8. The quantitative estimate of drug-likeness (QED) is 0.592. The molecule has 0 saturated carbocycles. The lowest BCUT2D eigenvalue weighted by Gasteiger charge is -2.10. The number of amides is 2. The number of nitrogens with zero attached hydrogens (tertiary/aromatic N) is 1. The first-order valence-electron chi connectivity index (χ1n) is 9.25. The van der Waals surface area contributed by atoms with E-state index in [-0.39, 0.29) is 18.2 Å². The molecule has 0 bridgehead atoms. The van der Waals surface area contributed by atoms with Gasteiger partial charge in [-0.25, -0.2) is 4.98 Å². The van der Waals surface area contributed by atoms with Gasteiger partial charge in [0.15, 0.2) is 16.6 Å². The zero-order chi connectivity index (χ0) is 21.7. The second-order valence-corrected chi connectivity index (χ2v) is 7.52. The van der Waals surface area contributed by atoms with Crippen molar-refractivity contribution in [3.8, 4) is 11.5 Å². The van der Waals surface area contributed by atoms with Gasteiger partial charge in [-0.05, 0) is 43.2 Å². The summed E-state index contributed by atoms with van der Waals surface area (Å²) in [5.74, 6) is 0.529. The predicted octanol–water partition coefficient (Wildman–Crippen LogP) is 4.21. The summed E-state index contributed by atoms with van der Waals surface area (Å²) in [6.07, 6.45) is 0.122. The Kier molecular flexibility index (Phi) is 6.68. The first kappa shape index (κ1) is 21.3. The van der Waals surface area contributed by atoms with Gasteiger partial charge in [0.25, 0.3) is 5.91 Å². The number of nitrogens with one attached hydrogen (secondary N) is 2. The van der Waals surface area contributed by atoms with E-state index in [4.69, 9.17) is 9.47 Å². The fourth-order valence-electron chi connectivity index (χ4n) is 2.95. The van der Waals surface area contributed by atoms with Crippen LogP contribution in [-0.4, -0.2) is 31.0 Å². The minimum atomic E-state index is -0.322. The van der Waals surface area contributed by atoms with Crippen LogP contribution in [0.15, 0.2) is 41.8 Å². The standard InChI is InChI=1S/C22H23N3O4S/c1-13-6-5-7-14(2)20(13)24-19(26)11-16-12-30-22(23-16)25-21(27)15-8-9-17(28-3)18(10-15)29-4/h5-10,12H,11H2,1-4H3,(H,24,26)(H,23,25,27). The highest BCUT2D eigenvalue weighted by Crippen LogP contribution is 2.28. The third-order valence-electron chi connectivity index (χ3n) is 4.51. The number of aromatic nitrogens is 1. The molecule has 1 heterocycles. The highest BCUT2D eigenvalue weighted by Gasteiger charge is 2.14. The van der Waals surface area contributed by atoms with Gasteiger partial charge in [-0.3, -0.25) is 14.9 Å². The van der Waals surface area contributed by atoms with Gasteiger partial charge in [-0.2, -0.15) is 0 Å². The van der Waals surface area contributed by atoms with Crippen LogP contribution in [-0.2, 0) is 11.2 Å². The summed E-state index contributed by atoms with van der Waals surface area (Å²) >= 11 is 1.27. The Labute approximate surface area is 179 Å². The summed E-state index contributed by atoms with van der Waals surface area (Å²) in [5.41, 5.74) is 3.83. The normalized spacial score (nSPS) is 10.4. The lowest BCUT2D eigenvalue weighted by Crippen LogP contribution is -2.16. The van der Waals surface area contributed by atoms with Gasteiger partial charge in [0.2, 0.25) is 5.91 Å². The van der Waals surface area contributed by atoms with Crippen molar-refractivity contribution < 1.29 is 19.1 Å². The topological polar surface area (TPSA) is 89.5 Å². The van der Waals surface area contributed by atoms with E-state index < -0.39 is 0 Å². The lowest BCUT2D eigenvalue weighted by atomic mass is 10.1. The summed E-state index contributed by atoms with van der Waals surface area (Å²) in [5, 5.41) is 7.87. The van der Waals surface area contributed by atoms with Crippen LogP contribution in [0.5, 0.6) is 11.5 Å². The van der Waals surface area contributed by atoms with Crippen LogP contribution >= 0.6 is 11.3 Å². The van der Waals surface area contributed by atoms with Crippen molar-refractivity contribution in [2.75, 3.05) is 24.9 Å². The Morgan fingerprint density at radius 3 is 2.37 bits per heavy atom. The number of carbonyl (C=O) groups is 2. The zero-order valence-electron chi connectivity index (χ0n) is 17.2. The van der Waals surface area contributed by atoms with E-state index in [1.807, 2.05) is 32.0 Å². The van der Waals surface area contributed by atoms with Gasteiger partial charge < -0.3 is 14.8 Å². The molecule has 2 N–H and O–H groups in total. The number of carbonyl (C=O) groups excluding carboxylic acids is 2. The fraction of sp³-hybridized carbons (Fsp3) is 0.227. The number of ether oxygens (including phenoxy) is 2. The maximum absolute atomic E-state index is 12.5. The van der Waals surface area contributed by atoms with Crippen LogP contribution in [0, 0.1) is 13.8 Å². The molecule has 0 unspecified atom stereocenters. The van der Waals surface area contributed by atoms with E-state index in [1.165, 1.54) is 25.6 Å². The van der Waals surface area contributed by atoms with Gasteiger partial charge in [-0.1, -0.05) is 18.2 Å². The molecule has 0 fully saturated rings. The van der Waals surface area contributed by atoms with E-state index in [1.54, 1.807) is 23.6 Å². The van der Waals surface area contributed by atoms with Crippen LogP contribution in [0.25, 0.3) is 0 Å². The number of rotatable bonds is 7. The second-order valence-electron chi connectivity index (χ2n) is 6.66. The predicted molar refractivity (Wildman–Crippen MR) is 118 cm³/mol. The van der Waals surface area contributed by atoms with Crippen molar-refractivity contribution in [1.29, 1.82) is 0 Å². The molecule has 0 aliphatic carbocycles. The van der Waals surface area contributed by atoms with Crippen molar-refractivity contribution in [2.45, 2.75) is 20.3 Å². The van der Waals surface area contributed by atoms with Crippen molar-refractivity contribution >= 4 is 34.0 Å². The van der Waals surface area contributed by atoms with E-state index in [0.717, 1.165) is 16.8 Å². The molecule has 2 aromatic carbocycles. The minimum absolute atomic E-state index is 0.122. The molecular formula is C22H23N3O4S. The van der Waals surface area contributed by atoms with Gasteiger partial charge in [0.1, 0.15) is 0 Å². The van der Waals surface area contributed by atoms with E-state index >= 15 is 0 Å². The molecule has 0 spiro atoms. The summed E-state index contributed by atoms with van der Waals surface area (Å²) in [4.78, 5) is 29.3. The van der Waals surface area contributed by atoms with E-state index in [9.17, 15) is 9.59 Å². The molecule has 1 aromatic heterocycles. The molecule has 0 radical (unpaired) electrons. The lowest BCUT2D eigenvalue weighted by molar-refractivity contribution is -0.115. The molecular weight excluding hydrogens is 402 g/mol. The molecule has 0 aliphatic rings. The van der Waals surface area contributed by atoms with Crippen molar-refractivity contribution in [2.24, 2.45) is 0 Å². The minimum Gasteiger partial charge on any atom is -0.493 e. The molecule has 0 saturated heterocycles. The molecule has 3 rings (SSSR count). The Hall–Kier alpha value is -3.39. The second kappa shape index (κ2) is 9.41. The molecule has 0 aliphatic heterocycles. The number of aryl methyl sites for hydroxylation is 2. The van der Waals surface area contributed by atoms with E-state index in [2.05, 4.69) is 15.6 Å². The van der Waals surface area contributed by atoms with Gasteiger partial charge >= 0.3 is 0 Å². The third-order valence-corrected chi connectivity index (χ3v) is 5.31. The molecule has 3 aromatic rings. The average Bonchev–Trinajstić information content (AvgIpc) is 3.16. The molecule has 8 heteroatoms. The van der Waals surface area contributed by atoms with Crippen molar-refractivity contribution in [3.05, 3.63) is 64.2 Å². The number of thiazole rings is 1. The fourth-order valence-corrected chi connectivity index (χ4v) is 3.66. The van der Waals surface area contributed by atoms with Crippen LogP contribution in [0.4, 0.5) is 10.8 Å². The largest absolute Gasteiger partial charge is 0.493 e. The number of anilines is 2. The molecule has 2 amide bonds. The molecule has 30 heavy (non-hydrogen) atoms. The third kappa shape index (κ3) is 4.96. The van der Waals surface area contributed by atoms with Crippen LogP contribution < -0.4 is 20.1 Å². The molecule has 0 atom stereocenters. The SMILES string of the molecule is COc1ccc(C(=O)Nc2nc(CC(=O)Nc3c(C)cccc3C)cs2)cc1OC. The van der Waals surface area contributed by atoms with Crippen LogP contribution in [0.3, 0.4) is 0 Å². The number of para-hydroxylation sites is 1. The van der Waals surface area contributed by atoms with Crippen LogP contribution in [0.2, 0.25) is 0 Å². The Balaban J connectivity index is 1.63. The van der Waals surface area contributed by atoms with Crippen LogP contribution in [0.1, 0.15) is 27.2 Å². The summed E-state index contributed by atoms with van der Waals surface area (Å²) in [7, 11) is 3.04. The molecule has 7 nitrogen and oxygen atoms in total. The monoisotopic (exact) mass is 425 g/mol. The highest BCUT2D eigenvalue weighted by molar-refractivity contribution is 7.14. The van der Waals surface area contributed by atoms with Crippen molar-refractivity contribution in [1.82, 2.24) is 4.98 Å². The Morgan fingerprint density at radius 1 is 1.00 bits per heavy atom. The van der Waals surface area contributed by atoms with Gasteiger partial charge in [-0.15, -0.1) is 11.3 Å². The van der Waals surface area contributed by atoms with Gasteiger partial charge in [0, 0.05) is 16.6 Å². The number of methoxy groups -OCH3 is 2. The van der Waals surface area contributed by atoms with Gasteiger partial charge in [0.05, 0.1) is 26.3 Å².